The van der Waals surface area contributed by atoms with Crippen molar-refractivity contribution < 1.29 is 0 Å². The van der Waals surface area contributed by atoms with Gasteiger partial charge >= 0.3 is 0 Å². The van der Waals surface area contributed by atoms with Crippen LogP contribution in [0.2, 0.25) is 0 Å². The molecule has 0 radical (unpaired) electrons. The van der Waals surface area contributed by atoms with E-state index in [1.165, 1.54) is 18.4 Å². The third kappa shape index (κ3) is 4.79. The molecule has 0 aliphatic rings. The first kappa shape index (κ1) is 13.2. The van der Waals surface area contributed by atoms with Crippen LogP contribution in [0.15, 0.2) is 12.4 Å². The molecule has 0 fully saturated rings. The lowest BCUT2D eigenvalue weighted by molar-refractivity contribution is 0.415. The van der Waals surface area contributed by atoms with Crippen LogP contribution in [0.25, 0.3) is 0 Å². The molecule has 0 amide bonds. The lowest BCUT2D eigenvalue weighted by atomic mass is 10.0. The van der Waals surface area contributed by atoms with Crippen molar-refractivity contribution in [1.29, 1.82) is 0 Å². The van der Waals surface area contributed by atoms with Gasteiger partial charge < -0.3 is 5.32 Å². The fourth-order valence-electron chi connectivity index (χ4n) is 1.92. The van der Waals surface area contributed by atoms with Crippen LogP contribution in [0.5, 0.6) is 0 Å². The maximum Gasteiger partial charge on any atom is 0.0522 e. The van der Waals surface area contributed by atoms with Crippen molar-refractivity contribution in [3.63, 3.8) is 0 Å². The van der Waals surface area contributed by atoms with Gasteiger partial charge in [-0.2, -0.15) is 5.10 Å². The minimum absolute atomic E-state index is 0.617. The molecule has 2 unspecified atom stereocenters. The number of nitrogens with zero attached hydrogens (tertiary/aromatic N) is 2. The first-order valence-corrected chi connectivity index (χ1v) is 6.32. The third-order valence-corrected chi connectivity index (χ3v) is 3.12. The Balaban J connectivity index is 2.15. The second-order valence-corrected chi connectivity index (χ2v) is 4.88. The van der Waals surface area contributed by atoms with E-state index in [1.54, 1.807) is 0 Å². The van der Waals surface area contributed by atoms with E-state index in [4.69, 9.17) is 0 Å². The molecule has 3 heteroatoms. The van der Waals surface area contributed by atoms with Crippen molar-refractivity contribution in [3.05, 3.63) is 18.0 Å². The summed E-state index contributed by atoms with van der Waals surface area (Å²) in [6, 6.07) is 0.617. The minimum Gasteiger partial charge on any atom is -0.314 e. The number of aryl methyl sites for hydroxylation is 1. The van der Waals surface area contributed by atoms with Crippen LogP contribution in [0.1, 0.15) is 39.2 Å². The monoisotopic (exact) mass is 223 g/mol. The predicted octanol–water partition coefficient (Wildman–Crippen LogP) is 2.38. The van der Waals surface area contributed by atoms with Crippen LogP contribution in [-0.2, 0) is 13.5 Å². The van der Waals surface area contributed by atoms with Crippen molar-refractivity contribution in [2.45, 2.75) is 46.1 Å². The normalized spacial score (nSPS) is 15.0. The molecule has 1 N–H and O–H groups in total. The fraction of sp³-hybridized carbons (Fsp3) is 0.769. The molecule has 1 heterocycles. The predicted molar refractivity (Wildman–Crippen MR) is 68.4 cm³/mol. The SMILES string of the molecule is CCC(C)CC(C)NCCc1cnn(C)c1. The quantitative estimate of drug-likeness (QED) is 0.769. The van der Waals surface area contributed by atoms with Gasteiger partial charge in [0.1, 0.15) is 0 Å². The summed E-state index contributed by atoms with van der Waals surface area (Å²) in [5.74, 6) is 0.820. The molecule has 0 saturated carbocycles. The van der Waals surface area contributed by atoms with Crippen molar-refractivity contribution in [2.75, 3.05) is 6.54 Å². The van der Waals surface area contributed by atoms with Crippen LogP contribution in [0, 0.1) is 5.92 Å². The Bertz CT molecular complexity index is 293. The van der Waals surface area contributed by atoms with Crippen LogP contribution in [0.3, 0.4) is 0 Å². The molecule has 0 spiro atoms. The average molecular weight is 223 g/mol. The highest BCUT2D eigenvalue weighted by atomic mass is 15.2. The summed E-state index contributed by atoms with van der Waals surface area (Å²) < 4.78 is 1.86. The number of hydrogen-bond donors (Lipinski definition) is 1. The molecule has 0 aliphatic heterocycles. The van der Waals surface area contributed by atoms with Gasteiger partial charge in [-0.15, -0.1) is 0 Å². The van der Waals surface area contributed by atoms with Crippen molar-refractivity contribution in [1.82, 2.24) is 15.1 Å². The number of aromatic nitrogens is 2. The van der Waals surface area contributed by atoms with E-state index in [9.17, 15) is 0 Å². The Morgan fingerprint density at radius 1 is 1.44 bits per heavy atom. The molecule has 1 aromatic heterocycles. The third-order valence-electron chi connectivity index (χ3n) is 3.12. The van der Waals surface area contributed by atoms with Gasteiger partial charge in [0, 0.05) is 19.3 Å². The highest BCUT2D eigenvalue weighted by molar-refractivity contribution is 5.03. The van der Waals surface area contributed by atoms with Crippen molar-refractivity contribution >= 4 is 0 Å². The van der Waals surface area contributed by atoms with Gasteiger partial charge in [-0.3, -0.25) is 4.68 Å². The summed E-state index contributed by atoms with van der Waals surface area (Å²) >= 11 is 0. The van der Waals surface area contributed by atoms with Crippen LogP contribution < -0.4 is 5.32 Å². The Kier molecular flexibility index (Phi) is 5.53. The molecular weight excluding hydrogens is 198 g/mol. The largest absolute Gasteiger partial charge is 0.314 e. The van der Waals surface area contributed by atoms with Gasteiger partial charge in [0.15, 0.2) is 0 Å². The van der Waals surface area contributed by atoms with Gasteiger partial charge in [0.25, 0.3) is 0 Å². The molecule has 16 heavy (non-hydrogen) atoms. The van der Waals surface area contributed by atoms with Crippen LogP contribution in [-0.4, -0.2) is 22.4 Å². The second-order valence-electron chi connectivity index (χ2n) is 4.88. The van der Waals surface area contributed by atoms with E-state index >= 15 is 0 Å². The highest BCUT2D eigenvalue weighted by Crippen LogP contribution is 2.09. The Hall–Kier alpha value is -0.830. The minimum atomic E-state index is 0.617. The highest BCUT2D eigenvalue weighted by Gasteiger charge is 2.06. The van der Waals surface area contributed by atoms with E-state index in [2.05, 4.69) is 37.4 Å². The number of hydrogen-bond acceptors (Lipinski definition) is 2. The molecule has 0 bridgehead atoms. The first-order chi connectivity index (χ1) is 7.61. The van der Waals surface area contributed by atoms with E-state index in [1.807, 2.05) is 17.9 Å². The average Bonchev–Trinajstić information content (AvgIpc) is 2.64. The topological polar surface area (TPSA) is 29.9 Å². The maximum atomic E-state index is 4.16. The summed E-state index contributed by atoms with van der Waals surface area (Å²) in [7, 11) is 1.96. The van der Waals surface area contributed by atoms with Gasteiger partial charge in [0.2, 0.25) is 0 Å². The van der Waals surface area contributed by atoms with Crippen LogP contribution in [0.4, 0.5) is 0 Å². The molecule has 1 aromatic rings. The number of nitrogens with one attached hydrogen (secondary N) is 1. The summed E-state index contributed by atoms with van der Waals surface area (Å²) in [6.07, 6.45) is 7.64. The summed E-state index contributed by atoms with van der Waals surface area (Å²) in [6.45, 7) is 7.89. The van der Waals surface area contributed by atoms with Gasteiger partial charge in [-0.25, -0.2) is 0 Å². The van der Waals surface area contributed by atoms with Crippen molar-refractivity contribution in [2.24, 2.45) is 13.0 Å². The molecule has 3 nitrogen and oxygen atoms in total. The Labute approximate surface area is 99.2 Å². The van der Waals surface area contributed by atoms with E-state index in [-0.39, 0.29) is 0 Å². The fourth-order valence-corrected chi connectivity index (χ4v) is 1.92. The smallest absolute Gasteiger partial charge is 0.0522 e. The summed E-state index contributed by atoms with van der Waals surface area (Å²) in [5, 5.41) is 7.73. The molecule has 1 rings (SSSR count). The number of rotatable bonds is 7. The molecule has 92 valence electrons. The lowest BCUT2D eigenvalue weighted by Crippen LogP contribution is -2.29. The van der Waals surface area contributed by atoms with E-state index in [0.717, 1.165) is 18.9 Å². The Morgan fingerprint density at radius 2 is 2.19 bits per heavy atom. The molecular formula is C13H25N3. The summed E-state index contributed by atoms with van der Waals surface area (Å²) in [5.41, 5.74) is 1.31. The summed E-state index contributed by atoms with van der Waals surface area (Å²) in [4.78, 5) is 0. The van der Waals surface area contributed by atoms with Gasteiger partial charge in [0.05, 0.1) is 6.20 Å². The Morgan fingerprint density at radius 3 is 2.75 bits per heavy atom. The molecule has 2 atom stereocenters. The lowest BCUT2D eigenvalue weighted by Gasteiger charge is -2.17. The molecule has 0 saturated heterocycles. The second kappa shape index (κ2) is 6.69. The molecule has 0 aliphatic carbocycles. The van der Waals surface area contributed by atoms with E-state index in [0.29, 0.717) is 6.04 Å². The zero-order valence-electron chi connectivity index (χ0n) is 11.0. The van der Waals surface area contributed by atoms with Gasteiger partial charge in [-0.05, 0) is 37.8 Å². The maximum absolute atomic E-state index is 4.16. The van der Waals surface area contributed by atoms with Gasteiger partial charge in [-0.1, -0.05) is 20.3 Å². The first-order valence-electron chi connectivity index (χ1n) is 6.32. The zero-order chi connectivity index (χ0) is 12.0. The zero-order valence-corrected chi connectivity index (χ0v) is 11.0. The van der Waals surface area contributed by atoms with Crippen LogP contribution >= 0.6 is 0 Å². The van der Waals surface area contributed by atoms with Crippen molar-refractivity contribution in [3.8, 4) is 0 Å². The standard InChI is InChI=1S/C13H25N3/c1-5-11(2)8-12(3)14-7-6-13-9-15-16(4)10-13/h9-12,14H,5-8H2,1-4H3. The molecule has 0 aromatic carbocycles. The van der Waals surface area contributed by atoms with E-state index < -0.39 is 0 Å².